The van der Waals surface area contributed by atoms with Crippen molar-refractivity contribution in [1.82, 2.24) is 0 Å². The summed E-state index contributed by atoms with van der Waals surface area (Å²) in [5, 5.41) is 7.35. The van der Waals surface area contributed by atoms with Crippen molar-refractivity contribution < 1.29 is 4.42 Å². The van der Waals surface area contributed by atoms with Crippen LogP contribution in [-0.4, -0.2) is 0 Å². The van der Waals surface area contributed by atoms with Crippen LogP contribution in [0.1, 0.15) is 5.56 Å². The number of hydrogen-bond acceptors (Lipinski definition) is 1. The number of rotatable bonds is 4. The highest BCUT2D eigenvalue weighted by atomic mass is 16.3. The van der Waals surface area contributed by atoms with Crippen LogP contribution in [0.4, 0.5) is 0 Å². The van der Waals surface area contributed by atoms with Gasteiger partial charge in [-0.1, -0.05) is 145 Å². The van der Waals surface area contributed by atoms with E-state index in [9.17, 15) is 0 Å². The zero-order chi connectivity index (χ0) is 30.6. The molecule has 9 aromatic rings. The third-order valence-electron chi connectivity index (χ3n) is 9.31. The fourth-order valence-electron chi connectivity index (χ4n) is 7.20. The Morgan fingerprint density at radius 1 is 0.348 bits per heavy atom. The molecule has 8 aromatic carbocycles. The molecule has 0 unspecified atom stereocenters. The minimum absolute atomic E-state index is 0.925. The lowest BCUT2D eigenvalue weighted by molar-refractivity contribution is 0.670. The fourth-order valence-corrected chi connectivity index (χ4v) is 7.20. The molecule has 1 heterocycles. The Bertz CT molecular complexity index is 2570. The van der Waals surface area contributed by atoms with Crippen LogP contribution in [0.3, 0.4) is 0 Å². The van der Waals surface area contributed by atoms with Gasteiger partial charge < -0.3 is 4.42 Å². The van der Waals surface area contributed by atoms with Crippen molar-refractivity contribution in [2.75, 3.05) is 0 Å². The highest BCUT2D eigenvalue weighted by Gasteiger charge is 2.18. The van der Waals surface area contributed by atoms with Gasteiger partial charge in [-0.25, -0.2) is 0 Å². The number of furan rings is 1. The smallest absolute Gasteiger partial charge is 0.143 e. The zero-order valence-electron chi connectivity index (χ0n) is 25.5. The van der Waals surface area contributed by atoms with Gasteiger partial charge in [0.05, 0.1) is 0 Å². The molecule has 0 fully saturated rings. The van der Waals surface area contributed by atoms with Crippen molar-refractivity contribution in [2.24, 2.45) is 0 Å². The second-order valence-corrected chi connectivity index (χ2v) is 12.2. The Labute approximate surface area is 268 Å². The third-order valence-corrected chi connectivity index (χ3v) is 9.31. The monoisotopic (exact) mass is 586 g/mol. The number of fused-ring (bicyclic) bond motifs is 5. The first-order valence-electron chi connectivity index (χ1n) is 15.8. The van der Waals surface area contributed by atoms with Gasteiger partial charge in [-0.2, -0.15) is 0 Å². The summed E-state index contributed by atoms with van der Waals surface area (Å²) in [6.07, 6.45) is 0. The van der Waals surface area contributed by atoms with Crippen LogP contribution in [0.2, 0.25) is 0 Å². The van der Waals surface area contributed by atoms with E-state index >= 15 is 0 Å². The first-order valence-corrected chi connectivity index (χ1v) is 15.8. The number of para-hydroxylation sites is 1. The predicted molar refractivity (Wildman–Crippen MR) is 195 cm³/mol. The molecule has 0 spiro atoms. The van der Waals surface area contributed by atoms with E-state index in [2.05, 4.69) is 171 Å². The molecule has 0 radical (unpaired) electrons. The van der Waals surface area contributed by atoms with Gasteiger partial charge in [0.2, 0.25) is 0 Å². The van der Waals surface area contributed by atoms with E-state index in [0.717, 1.165) is 33.1 Å². The third kappa shape index (κ3) is 4.24. The Kier molecular flexibility index (Phi) is 6.11. The van der Waals surface area contributed by atoms with Crippen LogP contribution < -0.4 is 0 Å². The van der Waals surface area contributed by atoms with Gasteiger partial charge in [-0.15, -0.1) is 0 Å². The molecule has 1 heteroatoms. The lowest BCUT2D eigenvalue weighted by Crippen LogP contribution is -1.91. The first kappa shape index (κ1) is 26.5. The lowest BCUT2D eigenvalue weighted by atomic mass is 9.85. The number of hydrogen-bond donors (Lipinski definition) is 0. The normalized spacial score (nSPS) is 11.6. The van der Waals surface area contributed by atoms with Crippen LogP contribution >= 0.6 is 0 Å². The van der Waals surface area contributed by atoms with E-state index in [0.29, 0.717) is 0 Å². The maximum absolute atomic E-state index is 6.46. The second-order valence-electron chi connectivity index (χ2n) is 12.2. The molecular weight excluding hydrogens is 556 g/mol. The van der Waals surface area contributed by atoms with E-state index in [1.807, 2.05) is 0 Å². The molecule has 0 saturated heterocycles. The fraction of sp³-hybridized carbons (Fsp3) is 0.0222. The largest absolute Gasteiger partial charge is 0.455 e. The molecule has 0 aliphatic heterocycles. The summed E-state index contributed by atoms with van der Waals surface area (Å²) < 4.78 is 6.46. The molecule has 1 nitrogen and oxygen atoms in total. The Morgan fingerprint density at radius 3 is 1.65 bits per heavy atom. The topological polar surface area (TPSA) is 13.1 Å². The van der Waals surface area contributed by atoms with Gasteiger partial charge in [-0.05, 0) is 91.7 Å². The Hall–Kier alpha value is -5.92. The highest BCUT2D eigenvalue weighted by molar-refractivity contribution is 6.22. The van der Waals surface area contributed by atoms with Gasteiger partial charge >= 0.3 is 0 Å². The molecule has 0 bridgehead atoms. The molecule has 216 valence electrons. The summed E-state index contributed by atoms with van der Waals surface area (Å²) in [6.45, 7) is 2.13. The summed E-state index contributed by atoms with van der Waals surface area (Å²) in [7, 11) is 0. The minimum Gasteiger partial charge on any atom is -0.455 e. The second kappa shape index (κ2) is 10.6. The molecule has 0 N–H and O–H groups in total. The van der Waals surface area contributed by atoms with E-state index in [4.69, 9.17) is 4.42 Å². The lowest BCUT2D eigenvalue weighted by Gasteiger charge is -2.19. The van der Waals surface area contributed by atoms with Crippen molar-refractivity contribution in [2.45, 2.75) is 6.92 Å². The molecule has 0 aliphatic carbocycles. The van der Waals surface area contributed by atoms with Gasteiger partial charge in [-0.3, -0.25) is 0 Å². The zero-order valence-corrected chi connectivity index (χ0v) is 25.5. The van der Waals surface area contributed by atoms with Crippen LogP contribution in [0.5, 0.6) is 0 Å². The van der Waals surface area contributed by atoms with E-state index < -0.39 is 0 Å². The number of benzene rings is 8. The molecule has 9 rings (SSSR count). The van der Waals surface area contributed by atoms with Crippen LogP contribution in [0, 0.1) is 6.92 Å². The first-order chi connectivity index (χ1) is 22.7. The van der Waals surface area contributed by atoms with Crippen molar-refractivity contribution >= 4 is 43.5 Å². The molecular formula is C45H30O. The van der Waals surface area contributed by atoms with Gasteiger partial charge in [0.1, 0.15) is 11.2 Å². The van der Waals surface area contributed by atoms with E-state index in [1.54, 1.807) is 0 Å². The van der Waals surface area contributed by atoms with E-state index in [1.165, 1.54) is 60.5 Å². The average molecular weight is 587 g/mol. The van der Waals surface area contributed by atoms with Crippen molar-refractivity contribution in [3.63, 3.8) is 0 Å². The predicted octanol–water partition coefficient (Wildman–Crippen LogP) is 12.9. The highest BCUT2D eigenvalue weighted by Crippen LogP contribution is 2.45. The van der Waals surface area contributed by atoms with Gasteiger partial charge in [0, 0.05) is 16.3 Å². The molecule has 1 aromatic heterocycles. The molecule has 0 aliphatic rings. The standard InChI is InChI=1S/C45H30O/c1-29-22-25-42-40(26-29)39-21-11-20-35(45(39)46-42)34-17-10-16-32(27-34)33-23-24-38-41(28-33)44(31-14-6-3-7-15-31)37-19-9-8-18-36(37)43(38)30-12-4-2-5-13-30/h2-28H,1H3. The SMILES string of the molecule is Cc1ccc2oc3c(-c4cccc(-c5ccc6c(-c7ccccc7)c7ccccc7c(-c7ccccc7)c6c5)c4)cccc3c2c1. The average Bonchev–Trinajstić information content (AvgIpc) is 3.49. The maximum Gasteiger partial charge on any atom is 0.143 e. The van der Waals surface area contributed by atoms with Gasteiger partial charge in [0.25, 0.3) is 0 Å². The summed E-state index contributed by atoms with van der Waals surface area (Å²) >= 11 is 0. The summed E-state index contributed by atoms with van der Waals surface area (Å²) in [5.74, 6) is 0. The van der Waals surface area contributed by atoms with Crippen molar-refractivity contribution in [3.8, 4) is 44.5 Å². The van der Waals surface area contributed by atoms with Crippen LogP contribution in [0.15, 0.2) is 168 Å². The summed E-state index contributed by atoms with van der Waals surface area (Å²) in [6, 6.07) is 59.2. The summed E-state index contributed by atoms with van der Waals surface area (Å²) in [4.78, 5) is 0. The Balaban J connectivity index is 1.28. The maximum atomic E-state index is 6.46. The van der Waals surface area contributed by atoms with Crippen LogP contribution in [-0.2, 0) is 0 Å². The van der Waals surface area contributed by atoms with Crippen molar-refractivity contribution in [3.05, 3.63) is 169 Å². The quantitative estimate of drug-likeness (QED) is 0.187. The Morgan fingerprint density at radius 2 is 0.913 bits per heavy atom. The minimum atomic E-state index is 0.925. The summed E-state index contributed by atoms with van der Waals surface area (Å²) in [5.41, 5.74) is 12.7. The molecule has 0 saturated carbocycles. The van der Waals surface area contributed by atoms with Gasteiger partial charge in [0.15, 0.2) is 0 Å². The molecule has 0 amide bonds. The van der Waals surface area contributed by atoms with E-state index in [-0.39, 0.29) is 0 Å². The van der Waals surface area contributed by atoms with Crippen molar-refractivity contribution in [1.29, 1.82) is 0 Å². The van der Waals surface area contributed by atoms with Crippen LogP contribution in [0.25, 0.3) is 88.0 Å². The number of aryl methyl sites for hydroxylation is 1. The molecule has 0 atom stereocenters. The molecule has 46 heavy (non-hydrogen) atoms.